The fraction of sp³-hybridized carbons (Fsp3) is 0.263. The van der Waals surface area contributed by atoms with Crippen LogP contribution in [0.5, 0.6) is 11.5 Å². The van der Waals surface area contributed by atoms with Gasteiger partial charge in [-0.2, -0.15) is 5.10 Å². The number of phenols is 1. The first-order valence-corrected chi connectivity index (χ1v) is 9.61. The molecule has 26 heavy (non-hydrogen) atoms. The minimum Gasteiger partial charge on any atom is -0.507 e. The summed E-state index contributed by atoms with van der Waals surface area (Å²) in [5, 5.41) is 13.5. The fourth-order valence-corrected chi connectivity index (χ4v) is 3.50. The third kappa shape index (κ3) is 5.08. The van der Waals surface area contributed by atoms with Crippen molar-refractivity contribution in [2.75, 3.05) is 6.61 Å². The molecule has 2 aromatic rings. The molecular weight excluding hydrogens is 464 g/mol. The van der Waals surface area contributed by atoms with E-state index < -0.39 is 0 Å². The van der Waals surface area contributed by atoms with Crippen molar-refractivity contribution < 1.29 is 14.6 Å². The number of carbonyl (C=O) groups is 1. The minimum absolute atomic E-state index is 0.0950. The van der Waals surface area contributed by atoms with E-state index >= 15 is 0 Å². The molecule has 5 nitrogen and oxygen atoms in total. The molecule has 2 aromatic carbocycles. The second-order valence-electron chi connectivity index (χ2n) is 6.01. The predicted molar refractivity (Wildman–Crippen MR) is 110 cm³/mol. The van der Waals surface area contributed by atoms with Crippen LogP contribution in [0, 0.1) is 6.92 Å². The Labute approximate surface area is 169 Å². The fourth-order valence-electron chi connectivity index (χ4n) is 2.23. The first-order valence-electron chi connectivity index (χ1n) is 8.02. The molecule has 0 radical (unpaired) electrons. The van der Waals surface area contributed by atoms with Crippen LogP contribution in [0.1, 0.15) is 36.5 Å². The number of para-hydroxylation sites is 1. The van der Waals surface area contributed by atoms with Crippen LogP contribution in [0.4, 0.5) is 0 Å². The monoisotopic (exact) mass is 482 g/mol. The molecule has 0 bridgehead atoms. The number of phenolic OH excluding ortho intramolecular Hbond substituents is 1. The van der Waals surface area contributed by atoms with Crippen molar-refractivity contribution in [3.63, 3.8) is 0 Å². The highest BCUT2D eigenvalue weighted by molar-refractivity contribution is 9.11. The summed E-state index contributed by atoms with van der Waals surface area (Å²) in [6.07, 6.45) is 1.38. The topological polar surface area (TPSA) is 70.9 Å². The summed E-state index contributed by atoms with van der Waals surface area (Å²) in [4.78, 5) is 12.0. The number of hydrogen-bond acceptors (Lipinski definition) is 4. The average Bonchev–Trinajstić information content (AvgIpc) is 2.60. The number of halogens is 2. The first-order chi connectivity index (χ1) is 12.3. The second kappa shape index (κ2) is 9.19. The van der Waals surface area contributed by atoms with Gasteiger partial charge in [0.2, 0.25) is 0 Å². The third-order valence-corrected chi connectivity index (χ3v) is 5.51. The minimum atomic E-state index is -0.390. The van der Waals surface area contributed by atoms with Gasteiger partial charge in [-0.15, -0.1) is 0 Å². The summed E-state index contributed by atoms with van der Waals surface area (Å²) < 4.78 is 7.55. The maximum atomic E-state index is 12.0. The molecule has 138 valence electrons. The van der Waals surface area contributed by atoms with E-state index in [0.717, 1.165) is 20.1 Å². The van der Waals surface area contributed by atoms with Crippen LogP contribution < -0.4 is 10.2 Å². The maximum Gasteiger partial charge on any atom is 0.277 e. The van der Waals surface area contributed by atoms with Gasteiger partial charge in [0.1, 0.15) is 11.5 Å². The molecule has 0 fully saturated rings. The van der Waals surface area contributed by atoms with E-state index in [0.29, 0.717) is 11.3 Å². The second-order valence-corrected chi connectivity index (χ2v) is 7.66. The number of benzene rings is 2. The molecule has 0 atom stereocenters. The number of nitrogens with one attached hydrogen (secondary N) is 1. The van der Waals surface area contributed by atoms with E-state index in [1.54, 1.807) is 24.3 Å². The summed E-state index contributed by atoms with van der Waals surface area (Å²) in [6.45, 7) is 5.92. The number of ether oxygens (including phenoxy) is 1. The van der Waals surface area contributed by atoms with Crippen LogP contribution in [-0.4, -0.2) is 23.8 Å². The van der Waals surface area contributed by atoms with Crippen LogP contribution in [-0.2, 0) is 4.79 Å². The van der Waals surface area contributed by atoms with Crippen molar-refractivity contribution in [2.24, 2.45) is 5.10 Å². The van der Waals surface area contributed by atoms with E-state index in [-0.39, 0.29) is 24.2 Å². The number of rotatable bonds is 6. The van der Waals surface area contributed by atoms with Gasteiger partial charge in [0, 0.05) is 10.0 Å². The molecule has 7 heteroatoms. The molecule has 0 saturated heterocycles. The summed E-state index contributed by atoms with van der Waals surface area (Å²) in [5.74, 6) is 0.595. The Bertz CT molecular complexity index is 836. The van der Waals surface area contributed by atoms with Crippen molar-refractivity contribution in [1.29, 1.82) is 0 Å². The molecule has 0 aromatic heterocycles. The average molecular weight is 484 g/mol. The molecule has 2 rings (SSSR count). The molecule has 0 spiro atoms. The van der Waals surface area contributed by atoms with Crippen LogP contribution in [0.25, 0.3) is 0 Å². The molecule has 0 aliphatic rings. The molecule has 0 unspecified atom stereocenters. The lowest BCUT2D eigenvalue weighted by molar-refractivity contribution is -0.123. The summed E-state index contributed by atoms with van der Waals surface area (Å²) in [7, 11) is 0. The van der Waals surface area contributed by atoms with Crippen LogP contribution in [0.3, 0.4) is 0 Å². The van der Waals surface area contributed by atoms with Crippen molar-refractivity contribution in [3.8, 4) is 11.5 Å². The molecule has 0 saturated carbocycles. The zero-order valence-electron chi connectivity index (χ0n) is 14.7. The Hall–Kier alpha value is -1.86. The maximum absolute atomic E-state index is 12.0. The zero-order valence-corrected chi connectivity index (χ0v) is 17.9. The number of nitrogens with zero attached hydrogens (tertiary/aromatic N) is 1. The Morgan fingerprint density at radius 1 is 1.35 bits per heavy atom. The SMILES string of the molecule is Cc1c(Br)cc(C(C)C)c(OCC(=O)NN=Cc2ccccc2O)c1Br. The number of amides is 1. The highest BCUT2D eigenvalue weighted by atomic mass is 79.9. The Balaban J connectivity index is 2.03. The molecular formula is C19H20Br2N2O3. The van der Waals surface area contributed by atoms with Gasteiger partial charge in [-0.05, 0) is 58.1 Å². The van der Waals surface area contributed by atoms with Crippen molar-refractivity contribution in [3.05, 3.63) is 56.0 Å². The summed E-state index contributed by atoms with van der Waals surface area (Å²) in [6, 6.07) is 8.73. The first kappa shape index (κ1) is 20.5. The van der Waals surface area contributed by atoms with Crippen molar-refractivity contribution in [1.82, 2.24) is 5.43 Å². The number of carbonyl (C=O) groups excluding carboxylic acids is 1. The van der Waals surface area contributed by atoms with Crippen molar-refractivity contribution >= 4 is 44.0 Å². The van der Waals surface area contributed by atoms with Crippen LogP contribution >= 0.6 is 31.9 Å². The van der Waals surface area contributed by atoms with E-state index in [4.69, 9.17) is 4.74 Å². The Morgan fingerprint density at radius 2 is 2.04 bits per heavy atom. The highest BCUT2D eigenvalue weighted by Gasteiger charge is 2.17. The largest absolute Gasteiger partial charge is 0.507 e. The van der Waals surface area contributed by atoms with Gasteiger partial charge in [0.25, 0.3) is 5.91 Å². The number of hydrazone groups is 1. The van der Waals surface area contributed by atoms with Gasteiger partial charge in [-0.25, -0.2) is 5.43 Å². The summed E-state index contributed by atoms with van der Waals surface area (Å²) in [5.41, 5.74) is 4.91. The van der Waals surface area contributed by atoms with E-state index in [1.165, 1.54) is 6.21 Å². The quantitative estimate of drug-likeness (QED) is 0.454. The smallest absolute Gasteiger partial charge is 0.277 e. The predicted octanol–water partition coefficient (Wildman–Crippen LogP) is 4.88. The van der Waals surface area contributed by atoms with Gasteiger partial charge < -0.3 is 9.84 Å². The van der Waals surface area contributed by atoms with Gasteiger partial charge in [-0.1, -0.05) is 41.9 Å². The van der Waals surface area contributed by atoms with Gasteiger partial charge in [0.15, 0.2) is 6.61 Å². The van der Waals surface area contributed by atoms with Crippen LogP contribution in [0.2, 0.25) is 0 Å². The Kier molecular flexibility index (Phi) is 7.23. The van der Waals surface area contributed by atoms with Gasteiger partial charge in [-0.3, -0.25) is 4.79 Å². The highest BCUT2D eigenvalue weighted by Crippen LogP contribution is 2.40. The molecule has 1 amide bonds. The lowest BCUT2D eigenvalue weighted by atomic mass is 10.0. The molecule has 0 aliphatic heterocycles. The lowest BCUT2D eigenvalue weighted by Gasteiger charge is -2.18. The van der Waals surface area contributed by atoms with E-state index in [2.05, 4.69) is 56.2 Å². The zero-order chi connectivity index (χ0) is 19.3. The van der Waals surface area contributed by atoms with E-state index in [1.807, 2.05) is 13.0 Å². The van der Waals surface area contributed by atoms with Gasteiger partial charge in [0.05, 0.1) is 10.7 Å². The van der Waals surface area contributed by atoms with E-state index in [9.17, 15) is 9.90 Å². The van der Waals surface area contributed by atoms with Crippen molar-refractivity contribution in [2.45, 2.75) is 26.7 Å². The lowest BCUT2D eigenvalue weighted by Crippen LogP contribution is -2.25. The number of aromatic hydroxyl groups is 1. The number of hydrogen-bond donors (Lipinski definition) is 2. The summed E-state index contributed by atoms with van der Waals surface area (Å²) >= 11 is 7.08. The normalized spacial score (nSPS) is 11.2. The molecule has 0 heterocycles. The van der Waals surface area contributed by atoms with Crippen LogP contribution in [0.15, 0.2) is 44.4 Å². The van der Waals surface area contributed by atoms with Gasteiger partial charge >= 0.3 is 0 Å². The Morgan fingerprint density at radius 3 is 2.69 bits per heavy atom. The molecule has 0 aliphatic carbocycles. The standard InChI is InChI=1S/C19H20Br2N2O3/c1-11(2)14-8-15(20)12(3)18(21)19(14)26-10-17(25)23-22-9-13-6-4-5-7-16(13)24/h4-9,11,24H,10H2,1-3H3,(H,23,25). The third-order valence-electron chi connectivity index (χ3n) is 3.73. The molecule has 2 N–H and O–H groups in total.